The van der Waals surface area contributed by atoms with Crippen molar-refractivity contribution in [1.29, 1.82) is 0 Å². The molecule has 3 aromatic rings. The number of carbonyl (C=O) groups is 1. The van der Waals surface area contributed by atoms with E-state index in [0.29, 0.717) is 12.3 Å². The van der Waals surface area contributed by atoms with Crippen molar-refractivity contribution in [3.05, 3.63) is 84.2 Å². The van der Waals surface area contributed by atoms with Crippen LogP contribution in [0.3, 0.4) is 0 Å². The summed E-state index contributed by atoms with van der Waals surface area (Å²) in [5, 5.41) is 0. The number of hydrogen-bond acceptors (Lipinski definition) is 4. The number of methoxy groups -OCH3 is 1. The first-order valence-electron chi connectivity index (χ1n) is 10.2. The molecule has 1 heterocycles. The molecule has 1 amide bonds. The molecule has 32 heavy (non-hydrogen) atoms. The van der Waals surface area contributed by atoms with E-state index in [1.807, 2.05) is 24.3 Å². The van der Waals surface area contributed by atoms with Crippen LogP contribution >= 0.6 is 0 Å². The lowest BCUT2D eigenvalue weighted by Gasteiger charge is -2.32. The smallest absolute Gasteiger partial charge is 0.264 e. The van der Waals surface area contributed by atoms with Gasteiger partial charge >= 0.3 is 0 Å². The summed E-state index contributed by atoms with van der Waals surface area (Å²) < 4.78 is 46.6. The molecule has 0 radical (unpaired) electrons. The molecule has 4 rings (SSSR count). The zero-order chi connectivity index (χ0) is 22.7. The highest BCUT2D eigenvalue weighted by atomic mass is 32.2. The van der Waals surface area contributed by atoms with E-state index >= 15 is 0 Å². The fourth-order valence-corrected chi connectivity index (χ4v) is 5.21. The number of rotatable bonds is 6. The maximum Gasteiger partial charge on any atom is 0.264 e. The van der Waals surface area contributed by atoms with Gasteiger partial charge in [-0.25, -0.2) is 12.8 Å². The van der Waals surface area contributed by atoms with E-state index < -0.39 is 22.4 Å². The third kappa shape index (κ3) is 4.31. The van der Waals surface area contributed by atoms with Crippen LogP contribution < -0.4 is 13.9 Å². The van der Waals surface area contributed by atoms with Gasteiger partial charge in [0, 0.05) is 12.2 Å². The lowest BCUT2D eigenvalue weighted by atomic mass is 10.0. The molecule has 8 heteroatoms. The summed E-state index contributed by atoms with van der Waals surface area (Å²) >= 11 is 0. The van der Waals surface area contributed by atoms with E-state index in [2.05, 4.69) is 0 Å². The molecule has 0 aromatic heterocycles. The summed E-state index contributed by atoms with van der Waals surface area (Å²) in [6.07, 6.45) is 1.66. The monoisotopic (exact) mass is 454 g/mol. The average Bonchev–Trinajstić information content (AvgIpc) is 2.82. The molecule has 0 bridgehead atoms. The minimum Gasteiger partial charge on any atom is -0.497 e. The van der Waals surface area contributed by atoms with Crippen molar-refractivity contribution in [2.75, 3.05) is 29.4 Å². The van der Waals surface area contributed by atoms with Crippen LogP contribution in [0.15, 0.2) is 77.7 Å². The van der Waals surface area contributed by atoms with E-state index in [1.165, 1.54) is 43.5 Å². The maximum atomic E-state index is 13.5. The number of anilines is 2. The molecule has 0 unspecified atom stereocenters. The van der Waals surface area contributed by atoms with Crippen LogP contribution in [0.4, 0.5) is 15.8 Å². The molecule has 3 aromatic carbocycles. The van der Waals surface area contributed by atoms with Gasteiger partial charge in [-0.3, -0.25) is 9.10 Å². The molecule has 0 N–H and O–H groups in total. The van der Waals surface area contributed by atoms with Gasteiger partial charge < -0.3 is 9.64 Å². The zero-order valence-corrected chi connectivity index (χ0v) is 18.4. The van der Waals surface area contributed by atoms with Crippen molar-refractivity contribution in [2.24, 2.45) is 0 Å². The van der Waals surface area contributed by atoms with Crippen LogP contribution in [-0.2, 0) is 21.2 Å². The number of amides is 1. The standard InChI is InChI=1S/C24H23FN2O4S/c1-31-21-12-14-22(15-13-21)32(29,30)27(20-10-8-19(25)9-11-20)17-24(28)26-16-4-6-18-5-2-3-7-23(18)26/h2-3,5,7-15H,4,6,16-17H2,1H3. The second-order valence-electron chi connectivity index (χ2n) is 7.44. The largest absolute Gasteiger partial charge is 0.497 e. The Labute approximate surface area is 186 Å². The maximum absolute atomic E-state index is 13.5. The minimum atomic E-state index is -4.10. The average molecular weight is 455 g/mol. The number of sulfonamides is 1. The Morgan fingerprint density at radius 3 is 2.41 bits per heavy atom. The Balaban J connectivity index is 1.70. The molecule has 0 fully saturated rings. The third-order valence-corrected chi connectivity index (χ3v) is 7.24. The van der Waals surface area contributed by atoms with Crippen LogP contribution in [0.1, 0.15) is 12.0 Å². The Morgan fingerprint density at radius 1 is 1.03 bits per heavy atom. The summed E-state index contributed by atoms with van der Waals surface area (Å²) in [5.41, 5.74) is 2.06. The summed E-state index contributed by atoms with van der Waals surface area (Å²) in [5.74, 6) is -0.330. The fourth-order valence-electron chi connectivity index (χ4n) is 3.80. The predicted octanol–water partition coefficient (Wildman–Crippen LogP) is 4.01. The Kier molecular flexibility index (Phi) is 6.14. The first kappa shape index (κ1) is 21.8. The van der Waals surface area contributed by atoms with Gasteiger partial charge in [-0.1, -0.05) is 18.2 Å². The van der Waals surface area contributed by atoms with Gasteiger partial charge in [0.1, 0.15) is 18.1 Å². The number of nitrogens with zero attached hydrogens (tertiary/aromatic N) is 2. The molecule has 0 atom stereocenters. The minimum absolute atomic E-state index is 0.00877. The van der Waals surface area contributed by atoms with Crippen LogP contribution in [-0.4, -0.2) is 34.5 Å². The predicted molar refractivity (Wildman–Crippen MR) is 121 cm³/mol. The quantitative estimate of drug-likeness (QED) is 0.565. The van der Waals surface area contributed by atoms with Crippen LogP contribution in [0.2, 0.25) is 0 Å². The first-order valence-corrected chi connectivity index (χ1v) is 11.6. The molecule has 1 aliphatic heterocycles. The number of fused-ring (bicyclic) bond motifs is 1. The molecular weight excluding hydrogens is 431 g/mol. The number of carbonyl (C=O) groups excluding carboxylic acids is 1. The number of benzene rings is 3. The van der Waals surface area contributed by atoms with E-state index in [-0.39, 0.29) is 16.5 Å². The van der Waals surface area contributed by atoms with Gasteiger partial charge in [-0.05, 0) is 73.0 Å². The number of ether oxygens (including phenoxy) is 1. The van der Waals surface area contributed by atoms with Crippen molar-refractivity contribution < 1.29 is 22.3 Å². The molecule has 6 nitrogen and oxygen atoms in total. The van der Waals surface area contributed by atoms with E-state index in [4.69, 9.17) is 4.74 Å². The lowest BCUT2D eigenvalue weighted by Crippen LogP contribution is -2.45. The lowest BCUT2D eigenvalue weighted by molar-refractivity contribution is -0.117. The van der Waals surface area contributed by atoms with Crippen LogP contribution in [0.5, 0.6) is 5.75 Å². The topological polar surface area (TPSA) is 66.9 Å². The van der Waals surface area contributed by atoms with Crippen molar-refractivity contribution >= 4 is 27.3 Å². The molecule has 1 aliphatic rings. The number of aryl methyl sites for hydroxylation is 1. The fraction of sp³-hybridized carbons (Fsp3) is 0.208. The third-order valence-electron chi connectivity index (χ3n) is 5.45. The van der Waals surface area contributed by atoms with E-state index in [0.717, 1.165) is 28.4 Å². The van der Waals surface area contributed by atoms with Gasteiger partial charge in [0.2, 0.25) is 5.91 Å². The van der Waals surface area contributed by atoms with Crippen molar-refractivity contribution in [2.45, 2.75) is 17.7 Å². The number of halogens is 1. The summed E-state index contributed by atoms with van der Waals surface area (Å²) in [6, 6.07) is 18.6. The molecule has 0 spiro atoms. The second-order valence-corrected chi connectivity index (χ2v) is 9.30. The van der Waals surface area contributed by atoms with Gasteiger partial charge in [0.25, 0.3) is 10.0 Å². The molecule has 0 saturated carbocycles. The van der Waals surface area contributed by atoms with Crippen LogP contribution in [0.25, 0.3) is 0 Å². The van der Waals surface area contributed by atoms with Crippen LogP contribution in [0, 0.1) is 5.82 Å². The highest BCUT2D eigenvalue weighted by molar-refractivity contribution is 7.92. The molecule has 0 aliphatic carbocycles. The normalized spacial score (nSPS) is 13.4. The number of hydrogen-bond donors (Lipinski definition) is 0. The Bertz CT molecular complexity index is 1210. The Morgan fingerprint density at radius 2 is 1.72 bits per heavy atom. The first-order chi connectivity index (χ1) is 15.4. The highest BCUT2D eigenvalue weighted by Gasteiger charge is 2.31. The number of para-hydroxylation sites is 1. The summed E-state index contributed by atoms with van der Waals surface area (Å²) in [6.45, 7) is 0.101. The van der Waals surface area contributed by atoms with Gasteiger partial charge in [-0.2, -0.15) is 0 Å². The van der Waals surface area contributed by atoms with Gasteiger partial charge in [0.05, 0.1) is 17.7 Å². The summed E-state index contributed by atoms with van der Waals surface area (Å²) in [4.78, 5) is 14.9. The Hall–Kier alpha value is -3.39. The highest BCUT2D eigenvalue weighted by Crippen LogP contribution is 2.29. The van der Waals surface area contributed by atoms with Crippen molar-refractivity contribution in [1.82, 2.24) is 0 Å². The van der Waals surface area contributed by atoms with Crippen molar-refractivity contribution in [3.63, 3.8) is 0 Å². The van der Waals surface area contributed by atoms with E-state index in [1.54, 1.807) is 17.0 Å². The second kappa shape index (κ2) is 9.00. The zero-order valence-electron chi connectivity index (χ0n) is 17.6. The molecule has 0 saturated heterocycles. The van der Waals surface area contributed by atoms with Gasteiger partial charge in [0.15, 0.2) is 0 Å². The molecular formula is C24H23FN2O4S. The SMILES string of the molecule is COc1ccc(S(=O)(=O)N(CC(=O)N2CCCc3ccccc32)c2ccc(F)cc2)cc1. The van der Waals surface area contributed by atoms with Crippen molar-refractivity contribution in [3.8, 4) is 5.75 Å². The van der Waals surface area contributed by atoms with Gasteiger partial charge in [-0.15, -0.1) is 0 Å². The molecule has 166 valence electrons. The van der Waals surface area contributed by atoms with E-state index in [9.17, 15) is 17.6 Å². The summed E-state index contributed by atoms with van der Waals surface area (Å²) in [7, 11) is -2.61.